The number of carbonyl (C=O) groups excluding carboxylic acids is 5. The predicted molar refractivity (Wildman–Crippen MR) is 242 cm³/mol. The van der Waals surface area contributed by atoms with Crippen LogP contribution in [0, 0.1) is 0 Å². The molecule has 4 N–H and O–H groups in total. The number of nitrogens with zero attached hydrogens (tertiary/aromatic N) is 6. The molecule has 64 heavy (non-hydrogen) atoms. The summed E-state index contributed by atoms with van der Waals surface area (Å²) in [6.45, 7) is 4.85. The molecule has 5 aromatic rings. The Balaban J connectivity index is 0.690. The Morgan fingerprint density at radius 3 is 2.22 bits per heavy atom. The summed E-state index contributed by atoms with van der Waals surface area (Å²) in [5.41, 5.74) is 5.32. The maximum absolute atomic E-state index is 13.3. The number of piperidine rings is 1. The van der Waals surface area contributed by atoms with Crippen molar-refractivity contribution in [2.45, 2.75) is 62.3 Å². The number of imide groups is 2. The first-order valence-electron chi connectivity index (χ1n) is 21.8. The number of fused-ring (bicyclic) bond motifs is 2. The lowest BCUT2D eigenvalue weighted by Gasteiger charge is -2.35. The Hall–Kier alpha value is -6.66. The zero-order valence-corrected chi connectivity index (χ0v) is 36.5. The van der Waals surface area contributed by atoms with Gasteiger partial charge in [-0.1, -0.05) is 49.9 Å². The molecule has 0 spiro atoms. The van der Waals surface area contributed by atoms with Gasteiger partial charge in [-0.15, -0.1) is 5.10 Å². The second-order valence-corrected chi connectivity index (χ2v) is 18.4. The molecule has 3 aromatic carbocycles. The number of benzene rings is 3. The lowest BCUT2D eigenvalue weighted by Crippen LogP contribution is -2.54. The molecular weight excluding hydrogens is 837 g/mol. The van der Waals surface area contributed by atoms with Gasteiger partial charge in [0.25, 0.3) is 11.8 Å². The first-order valence-corrected chi connectivity index (χ1v) is 23.7. The van der Waals surface area contributed by atoms with Crippen molar-refractivity contribution in [2.75, 3.05) is 67.6 Å². The minimum atomic E-state index is -3.29. The molecule has 0 aliphatic carbocycles. The minimum Gasteiger partial charge on any atom is -0.384 e. The molecule has 3 aliphatic rings. The number of unbranched alkanes of at least 4 members (excludes halogenated alkanes) is 5. The summed E-state index contributed by atoms with van der Waals surface area (Å²) in [6, 6.07) is 24.6. The second kappa shape index (κ2) is 19.4. The molecule has 2 fully saturated rings. The van der Waals surface area contributed by atoms with Gasteiger partial charge in [0, 0.05) is 74.6 Å². The number of aromatic nitrogens is 3. The van der Waals surface area contributed by atoms with Crippen LogP contribution in [0.25, 0.3) is 16.9 Å². The average molecular weight is 889 g/mol. The van der Waals surface area contributed by atoms with Crippen molar-refractivity contribution in [1.82, 2.24) is 35.0 Å². The quantitative estimate of drug-likeness (QED) is 0.0700. The van der Waals surface area contributed by atoms with Crippen molar-refractivity contribution >= 4 is 68.0 Å². The molecule has 0 radical (unpaired) electrons. The Labute approximate surface area is 371 Å². The van der Waals surface area contributed by atoms with Gasteiger partial charge in [-0.05, 0) is 79.9 Å². The molecule has 17 nitrogen and oxygen atoms in total. The largest absolute Gasteiger partial charge is 0.384 e. The van der Waals surface area contributed by atoms with E-state index in [9.17, 15) is 32.4 Å². The number of amides is 5. The van der Waals surface area contributed by atoms with Crippen molar-refractivity contribution in [1.29, 1.82) is 0 Å². The van der Waals surface area contributed by atoms with Crippen LogP contribution in [0.2, 0.25) is 0 Å². The van der Waals surface area contributed by atoms with Gasteiger partial charge in [-0.3, -0.25) is 39.1 Å². The van der Waals surface area contributed by atoms with E-state index < -0.39 is 39.5 Å². The third-order valence-corrected chi connectivity index (χ3v) is 13.0. The lowest BCUT2D eigenvalue weighted by molar-refractivity contribution is -0.136. The van der Waals surface area contributed by atoms with Crippen molar-refractivity contribution in [3.63, 3.8) is 0 Å². The van der Waals surface area contributed by atoms with E-state index in [1.54, 1.807) is 47.0 Å². The number of carbonyl (C=O) groups is 5. The highest BCUT2D eigenvalue weighted by Crippen LogP contribution is 2.33. The molecule has 5 amide bonds. The Bertz CT molecular complexity index is 2660. The van der Waals surface area contributed by atoms with Gasteiger partial charge >= 0.3 is 0 Å². The highest BCUT2D eigenvalue weighted by molar-refractivity contribution is 7.90. The van der Waals surface area contributed by atoms with Crippen molar-refractivity contribution in [3.05, 3.63) is 96.1 Å². The number of pyridine rings is 1. The minimum absolute atomic E-state index is 0.0419. The third-order valence-electron chi connectivity index (χ3n) is 11.9. The summed E-state index contributed by atoms with van der Waals surface area (Å²) in [4.78, 5) is 73.4. The summed E-state index contributed by atoms with van der Waals surface area (Å²) >= 11 is 0. The standard InChI is InChI=1S/C46H52N10O7S/c1-64(62,63)34-20-14-31(15-21-34)37-12-9-13-39-50-46(52-56(37)39)49-32-16-18-33(19-17-32)54-28-26-53(27-29-54)30-41(58)48-25-7-5-3-2-4-6-24-47-36-11-8-10-35-42(36)45(61)55(44(35)60)38-22-23-40(57)51-43(38)59/h8-21,38,47H,2-7,22-30H2,1H3,(H,48,58)(H,49,52)(H,51,57,59). The fraction of sp³-hybridized carbons (Fsp3) is 0.370. The van der Waals surface area contributed by atoms with Crippen LogP contribution < -0.4 is 26.2 Å². The normalized spacial score (nSPS) is 16.9. The molecule has 1 atom stereocenters. The Kier molecular flexibility index (Phi) is 13.3. The van der Waals surface area contributed by atoms with Gasteiger partial charge in [0.05, 0.1) is 28.3 Å². The van der Waals surface area contributed by atoms with E-state index in [1.165, 1.54) is 6.26 Å². The fourth-order valence-electron chi connectivity index (χ4n) is 8.43. The van der Waals surface area contributed by atoms with Crippen molar-refractivity contribution in [3.8, 4) is 11.3 Å². The van der Waals surface area contributed by atoms with E-state index >= 15 is 0 Å². The molecule has 334 valence electrons. The maximum Gasteiger partial charge on any atom is 0.264 e. The van der Waals surface area contributed by atoms with Crippen LogP contribution in [0.1, 0.15) is 72.1 Å². The van der Waals surface area contributed by atoms with Crippen LogP contribution in [0.5, 0.6) is 0 Å². The van der Waals surface area contributed by atoms with Crippen LogP contribution in [-0.2, 0) is 24.2 Å². The van der Waals surface area contributed by atoms with E-state index in [4.69, 9.17) is 0 Å². The molecule has 2 saturated heterocycles. The van der Waals surface area contributed by atoms with Crippen LogP contribution in [0.3, 0.4) is 0 Å². The van der Waals surface area contributed by atoms with E-state index in [0.717, 1.165) is 92.2 Å². The summed E-state index contributed by atoms with van der Waals surface area (Å²) in [6.07, 6.45) is 7.29. The predicted octanol–water partition coefficient (Wildman–Crippen LogP) is 4.64. The van der Waals surface area contributed by atoms with E-state index in [1.807, 2.05) is 30.3 Å². The first kappa shape index (κ1) is 44.0. The smallest absolute Gasteiger partial charge is 0.264 e. The Morgan fingerprint density at radius 1 is 0.797 bits per heavy atom. The number of piperazine rings is 1. The van der Waals surface area contributed by atoms with Gasteiger partial charge in [-0.2, -0.15) is 4.98 Å². The fourth-order valence-corrected chi connectivity index (χ4v) is 9.06. The van der Waals surface area contributed by atoms with Crippen molar-refractivity contribution in [2.24, 2.45) is 0 Å². The van der Waals surface area contributed by atoms with Gasteiger partial charge in [-0.25, -0.2) is 12.9 Å². The molecular formula is C46H52N10O7S. The van der Waals surface area contributed by atoms with E-state index in [0.29, 0.717) is 36.9 Å². The zero-order valence-electron chi connectivity index (χ0n) is 35.7. The number of nitrogens with one attached hydrogen (secondary N) is 4. The number of anilines is 4. The molecule has 1 unspecified atom stereocenters. The summed E-state index contributed by atoms with van der Waals surface area (Å²) in [7, 11) is -3.29. The Morgan fingerprint density at radius 2 is 1.50 bits per heavy atom. The topological polar surface area (TPSA) is 208 Å². The maximum atomic E-state index is 13.3. The summed E-state index contributed by atoms with van der Waals surface area (Å²) in [5, 5.41) is 16.6. The van der Waals surface area contributed by atoms with Crippen LogP contribution in [-0.4, -0.2) is 120 Å². The monoisotopic (exact) mass is 888 g/mol. The first-order chi connectivity index (χ1) is 30.9. The molecule has 18 heteroatoms. The molecule has 2 aromatic heterocycles. The SMILES string of the molecule is CS(=O)(=O)c1ccc(-c2cccc3nc(Nc4ccc(N5CCN(CC(=O)NCCCCCCCCNc6cccc7c6C(=O)N(C6CCC(=O)NC6=O)C7=O)CC5)cc4)nn23)cc1. The van der Waals surface area contributed by atoms with Gasteiger partial charge in [0.1, 0.15) is 6.04 Å². The van der Waals surface area contributed by atoms with Crippen LogP contribution in [0.4, 0.5) is 23.0 Å². The van der Waals surface area contributed by atoms with Crippen molar-refractivity contribution < 1.29 is 32.4 Å². The average Bonchev–Trinajstić information content (AvgIpc) is 3.81. The highest BCUT2D eigenvalue weighted by Gasteiger charge is 2.45. The van der Waals surface area contributed by atoms with Gasteiger partial charge in [0.15, 0.2) is 15.5 Å². The summed E-state index contributed by atoms with van der Waals surface area (Å²) in [5.74, 6) is -1.57. The van der Waals surface area contributed by atoms with E-state index in [2.05, 4.69) is 53.3 Å². The van der Waals surface area contributed by atoms with Crippen LogP contribution in [0.15, 0.2) is 89.8 Å². The molecule has 0 saturated carbocycles. The third kappa shape index (κ3) is 10.1. The van der Waals surface area contributed by atoms with E-state index in [-0.39, 0.29) is 34.8 Å². The second-order valence-electron chi connectivity index (χ2n) is 16.4. The molecule has 0 bridgehead atoms. The highest BCUT2D eigenvalue weighted by atomic mass is 32.2. The molecule has 3 aliphatic heterocycles. The lowest BCUT2D eigenvalue weighted by atomic mass is 10.0. The van der Waals surface area contributed by atoms with Crippen LogP contribution >= 0.6 is 0 Å². The van der Waals surface area contributed by atoms with Gasteiger partial charge in [0.2, 0.25) is 23.7 Å². The number of rotatable bonds is 18. The molecule has 5 heterocycles. The number of sulfone groups is 1. The molecule has 8 rings (SSSR count). The zero-order chi connectivity index (χ0) is 44.8. The van der Waals surface area contributed by atoms with Gasteiger partial charge < -0.3 is 20.9 Å². The summed E-state index contributed by atoms with van der Waals surface area (Å²) < 4.78 is 25.5. The number of hydrogen-bond acceptors (Lipinski definition) is 13. The number of hydrogen-bond donors (Lipinski definition) is 4.